The molecule has 0 atom stereocenters. The van der Waals surface area contributed by atoms with Crippen molar-refractivity contribution in [3.63, 3.8) is 0 Å². The maximum atomic E-state index is 9.06. The van der Waals surface area contributed by atoms with Crippen molar-refractivity contribution in [2.75, 3.05) is 19.0 Å². The second kappa shape index (κ2) is 6.59. The molecule has 4 aliphatic rings. The van der Waals surface area contributed by atoms with Crippen molar-refractivity contribution in [1.29, 1.82) is 5.26 Å². The Morgan fingerprint density at radius 2 is 1.76 bits per heavy atom. The van der Waals surface area contributed by atoms with E-state index in [1.807, 2.05) is 30.5 Å². The zero-order chi connectivity index (χ0) is 17.3. The van der Waals surface area contributed by atoms with Gasteiger partial charge >= 0.3 is 0 Å². The molecule has 5 heteroatoms. The maximum Gasteiger partial charge on any atom is 0.209 e. The van der Waals surface area contributed by atoms with Crippen LogP contribution in [0.2, 0.25) is 0 Å². The Balaban J connectivity index is 1.46. The van der Waals surface area contributed by atoms with Crippen molar-refractivity contribution < 1.29 is 4.74 Å². The molecular weight excluding hydrogens is 312 g/mol. The second-order valence-electron chi connectivity index (χ2n) is 8.17. The van der Waals surface area contributed by atoms with Crippen molar-refractivity contribution in [1.82, 2.24) is 5.32 Å². The van der Waals surface area contributed by atoms with Gasteiger partial charge in [-0.2, -0.15) is 5.26 Å². The van der Waals surface area contributed by atoms with Crippen LogP contribution >= 0.6 is 0 Å². The Morgan fingerprint density at radius 1 is 1.16 bits per heavy atom. The largest absolute Gasteiger partial charge is 0.497 e. The van der Waals surface area contributed by atoms with Gasteiger partial charge in [-0.1, -0.05) is 0 Å². The van der Waals surface area contributed by atoms with Gasteiger partial charge in [0.1, 0.15) is 5.75 Å². The smallest absolute Gasteiger partial charge is 0.209 e. The minimum absolute atomic E-state index is 0.374. The summed E-state index contributed by atoms with van der Waals surface area (Å²) in [7, 11) is 1.65. The Hall–Kier alpha value is -2.22. The Morgan fingerprint density at radius 3 is 2.28 bits per heavy atom. The molecule has 1 aromatic rings. The summed E-state index contributed by atoms with van der Waals surface area (Å²) < 4.78 is 5.18. The highest BCUT2D eigenvalue weighted by atomic mass is 16.5. The van der Waals surface area contributed by atoms with Crippen molar-refractivity contribution in [3.8, 4) is 11.9 Å². The van der Waals surface area contributed by atoms with E-state index in [0.717, 1.165) is 35.7 Å². The lowest BCUT2D eigenvalue weighted by atomic mass is 9.49. The van der Waals surface area contributed by atoms with E-state index in [9.17, 15) is 0 Å². The van der Waals surface area contributed by atoms with E-state index in [0.29, 0.717) is 11.4 Å². The molecule has 5 nitrogen and oxygen atoms in total. The minimum atomic E-state index is 0.374. The molecule has 0 spiro atoms. The number of benzene rings is 1. The van der Waals surface area contributed by atoms with E-state index in [-0.39, 0.29) is 0 Å². The molecule has 0 radical (unpaired) electrons. The predicted molar refractivity (Wildman–Crippen MR) is 98.3 cm³/mol. The van der Waals surface area contributed by atoms with Gasteiger partial charge in [-0.3, -0.25) is 10.3 Å². The number of rotatable bonds is 4. The van der Waals surface area contributed by atoms with Gasteiger partial charge in [0, 0.05) is 12.2 Å². The topological polar surface area (TPSA) is 69.4 Å². The molecule has 0 heterocycles. The molecule has 0 aliphatic heterocycles. The molecule has 0 amide bonds. The number of nitrogens with zero attached hydrogens (tertiary/aromatic N) is 2. The molecule has 5 rings (SSSR count). The number of anilines is 1. The molecule has 4 saturated carbocycles. The first-order valence-corrected chi connectivity index (χ1v) is 9.29. The lowest BCUT2D eigenvalue weighted by molar-refractivity contribution is -0.0465. The van der Waals surface area contributed by atoms with E-state index in [1.165, 1.54) is 38.5 Å². The molecule has 25 heavy (non-hydrogen) atoms. The molecular formula is C20H26N4O. The van der Waals surface area contributed by atoms with Crippen molar-refractivity contribution in [2.24, 2.45) is 28.2 Å². The molecule has 0 unspecified atom stereocenters. The molecule has 0 saturated heterocycles. The van der Waals surface area contributed by atoms with Crippen molar-refractivity contribution >= 4 is 11.6 Å². The fourth-order valence-electron chi connectivity index (χ4n) is 5.70. The molecule has 0 aromatic heterocycles. The second-order valence-corrected chi connectivity index (χ2v) is 8.17. The van der Waals surface area contributed by atoms with Gasteiger partial charge in [0.2, 0.25) is 5.96 Å². The zero-order valence-corrected chi connectivity index (χ0v) is 14.8. The first-order chi connectivity index (χ1) is 12.2. The summed E-state index contributed by atoms with van der Waals surface area (Å²) in [6, 6.07) is 7.65. The van der Waals surface area contributed by atoms with Crippen LogP contribution in [0.3, 0.4) is 0 Å². The van der Waals surface area contributed by atoms with E-state index >= 15 is 0 Å². The van der Waals surface area contributed by atoms with Gasteiger partial charge in [-0.15, -0.1) is 0 Å². The van der Waals surface area contributed by atoms with Gasteiger partial charge < -0.3 is 10.1 Å². The first kappa shape index (κ1) is 16.3. The van der Waals surface area contributed by atoms with Crippen LogP contribution in [0, 0.1) is 34.6 Å². The number of methoxy groups -OCH3 is 1. The summed E-state index contributed by atoms with van der Waals surface area (Å²) in [5, 5.41) is 15.0. The Labute approximate surface area is 149 Å². The summed E-state index contributed by atoms with van der Waals surface area (Å²) in [5.74, 6) is 4.12. The SMILES string of the molecule is COc1ccc(NC(=NCC23CC4CC(CC(C4)C2)C3)NC#N)cc1. The van der Waals surface area contributed by atoms with Gasteiger partial charge in [0.25, 0.3) is 0 Å². The first-order valence-electron chi connectivity index (χ1n) is 9.29. The molecule has 2 N–H and O–H groups in total. The quantitative estimate of drug-likeness (QED) is 0.380. The van der Waals surface area contributed by atoms with Crippen molar-refractivity contribution in [3.05, 3.63) is 24.3 Å². The molecule has 4 aliphatic carbocycles. The van der Waals surface area contributed by atoms with Crippen LogP contribution in [-0.2, 0) is 0 Å². The van der Waals surface area contributed by atoms with Crippen molar-refractivity contribution in [2.45, 2.75) is 38.5 Å². The Bertz CT molecular complexity index is 653. The van der Waals surface area contributed by atoms with Gasteiger partial charge in [0.15, 0.2) is 6.19 Å². The third kappa shape index (κ3) is 3.44. The minimum Gasteiger partial charge on any atom is -0.497 e. The summed E-state index contributed by atoms with van der Waals surface area (Å²) in [5.41, 5.74) is 1.27. The molecule has 4 fully saturated rings. The summed E-state index contributed by atoms with van der Waals surface area (Å²) in [6.07, 6.45) is 10.3. The number of hydrogen-bond donors (Lipinski definition) is 2. The van der Waals surface area contributed by atoms with Crippen LogP contribution in [-0.4, -0.2) is 19.6 Å². The highest BCUT2D eigenvalue weighted by Crippen LogP contribution is 2.60. The fourth-order valence-corrected chi connectivity index (χ4v) is 5.70. The predicted octanol–water partition coefficient (Wildman–Crippen LogP) is 3.75. The highest BCUT2D eigenvalue weighted by Gasteiger charge is 2.50. The van der Waals surface area contributed by atoms with Gasteiger partial charge in [-0.05, 0) is 86.0 Å². The number of guanidine groups is 1. The Kier molecular flexibility index (Phi) is 4.29. The third-order valence-corrected chi connectivity index (χ3v) is 6.26. The molecule has 4 bridgehead atoms. The van der Waals surface area contributed by atoms with Gasteiger partial charge in [-0.25, -0.2) is 0 Å². The summed E-state index contributed by atoms with van der Waals surface area (Å²) in [4.78, 5) is 4.78. The normalized spacial score (nSPS) is 33.0. The monoisotopic (exact) mass is 338 g/mol. The lowest BCUT2D eigenvalue weighted by Gasteiger charge is -2.56. The van der Waals surface area contributed by atoms with E-state index < -0.39 is 0 Å². The number of ether oxygens (including phenoxy) is 1. The fraction of sp³-hybridized carbons (Fsp3) is 0.600. The van der Waals surface area contributed by atoms with Crippen LogP contribution in [0.1, 0.15) is 38.5 Å². The summed E-state index contributed by atoms with van der Waals surface area (Å²) in [6.45, 7) is 0.823. The average molecular weight is 338 g/mol. The highest BCUT2D eigenvalue weighted by molar-refractivity contribution is 5.94. The van der Waals surface area contributed by atoms with Crippen LogP contribution in [0.15, 0.2) is 29.3 Å². The lowest BCUT2D eigenvalue weighted by Crippen LogP contribution is -2.47. The van der Waals surface area contributed by atoms with Crippen LogP contribution < -0.4 is 15.4 Å². The van der Waals surface area contributed by atoms with E-state index in [1.54, 1.807) is 7.11 Å². The van der Waals surface area contributed by atoms with Crippen LogP contribution in [0.25, 0.3) is 0 Å². The third-order valence-electron chi connectivity index (χ3n) is 6.26. The standard InChI is InChI=1S/C20H26N4O/c1-25-18-4-2-17(3-5-18)24-19(23-13-21)22-12-20-9-14-6-15(10-20)8-16(7-14)11-20/h2-5,14-16H,6-12H2,1H3,(H2,22,23,24). The van der Waals surface area contributed by atoms with E-state index in [4.69, 9.17) is 15.0 Å². The molecule has 132 valence electrons. The zero-order valence-electron chi connectivity index (χ0n) is 14.8. The summed E-state index contributed by atoms with van der Waals surface area (Å²) >= 11 is 0. The number of aliphatic imine (C=N–C) groups is 1. The van der Waals surface area contributed by atoms with Gasteiger partial charge in [0.05, 0.1) is 7.11 Å². The number of hydrogen-bond acceptors (Lipinski definition) is 3. The number of nitrogens with one attached hydrogen (secondary N) is 2. The van der Waals surface area contributed by atoms with E-state index in [2.05, 4.69) is 10.6 Å². The number of nitriles is 1. The average Bonchev–Trinajstić information content (AvgIpc) is 2.59. The van der Waals surface area contributed by atoms with Crippen LogP contribution in [0.5, 0.6) is 5.75 Å². The van der Waals surface area contributed by atoms with Crippen LogP contribution in [0.4, 0.5) is 5.69 Å². The maximum absolute atomic E-state index is 9.06. The molecule has 1 aromatic carbocycles.